The van der Waals surface area contributed by atoms with Crippen LogP contribution in [0.2, 0.25) is 0 Å². The van der Waals surface area contributed by atoms with E-state index in [1.54, 1.807) is 42.5 Å². The van der Waals surface area contributed by atoms with Gasteiger partial charge in [0.25, 0.3) is 0 Å². The summed E-state index contributed by atoms with van der Waals surface area (Å²) in [6.45, 7) is 1.58. The summed E-state index contributed by atoms with van der Waals surface area (Å²) in [7, 11) is 0. The number of halogens is 3. The molecule has 2 aromatic carbocycles. The Morgan fingerprint density at radius 3 is 2.27 bits per heavy atom. The SMILES string of the molecule is C[C@H](NC(=O)C(F)(F)F)c1ccc(C(O)c2ccc3c(c2)OCO3)cc1. The first-order chi connectivity index (χ1) is 12.3. The minimum Gasteiger partial charge on any atom is -0.454 e. The predicted molar refractivity (Wildman–Crippen MR) is 85.7 cm³/mol. The Hall–Kier alpha value is -2.74. The Morgan fingerprint density at radius 1 is 1.04 bits per heavy atom. The highest BCUT2D eigenvalue weighted by Gasteiger charge is 2.39. The second kappa shape index (κ2) is 6.87. The van der Waals surface area contributed by atoms with Gasteiger partial charge >= 0.3 is 12.1 Å². The molecule has 0 saturated carbocycles. The minimum atomic E-state index is -4.93. The Kier molecular flexibility index (Phi) is 4.78. The highest BCUT2D eigenvalue weighted by molar-refractivity contribution is 5.82. The summed E-state index contributed by atoms with van der Waals surface area (Å²) in [5, 5.41) is 12.4. The zero-order valence-electron chi connectivity index (χ0n) is 13.7. The van der Waals surface area contributed by atoms with Crippen LogP contribution < -0.4 is 14.8 Å². The average molecular weight is 367 g/mol. The zero-order chi connectivity index (χ0) is 18.9. The van der Waals surface area contributed by atoms with E-state index in [1.807, 2.05) is 5.32 Å². The monoisotopic (exact) mass is 367 g/mol. The lowest BCUT2D eigenvalue weighted by Crippen LogP contribution is -2.38. The van der Waals surface area contributed by atoms with Gasteiger partial charge in [0.1, 0.15) is 6.10 Å². The van der Waals surface area contributed by atoms with Crippen LogP contribution in [0.3, 0.4) is 0 Å². The number of ether oxygens (including phenoxy) is 2. The van der Waals surface area contributed by atoms with Crippen LogP contribution in [0.1, 0.15) is 35.8 Å². The van der Waals surface area contributed by atoms with E-state index in [0.717, 1.165) is 0 Å². The molecule has 5 nitrogen and oxygen atoms in total. The van der Waals surface area contributed by atoms with E-state index < -0.39 is 24.2 Å². The number of alkyl halides is 3. The Labute approximate surface area is 147 Å². The summed E-state index contributed by atoms with van der Waals surface area (Å²) < 4.78 is 47.4. The van der Waals surface area contributed by atoms with Crippen LogP contribution in [0.15, 0.2) is 42.5 Å². The van der Waals surface area contributed by atoms with Gasteiger partial charge in [-0.15, -0.1) is 0 Å². The van der Waals surface area contributed by atoms with Crippen molar-refractivity contribution in [1.82, 2.24) is 5.32 Å². The number of amides is 1. The van der Waals surface area contributed by atoms with E-state index in [0.29, 0.717) is 28.2 Å². The smallest absolute Gasteiger partial charge is 0.454 e. The fourth-order valence-electron chi connectivity index (χ4n) is 2.60. The fourth-order valence-corrected chi connectivity index (χ4v) is 2.60. The molecule has 1 aliphatic heterocycles. The molecule has 0 aliphatic carbocycles. The van der Waals surface area contributed by atoms with Gasteiger partial charge in [-0.05, 0) is 35.7 Å². The van der Waals surface area contributed by atoms with Crippen LogP contribution in [0.4, 0.5) is 13.2 Å². The average Bonchev–Trinajstić information content (AvgIpc) is 3.08. The van der Waals surface area contributed by atoms with Gasteiger partial charge < -0.3 is 19.9 Å². The van der Waals surface area contributed by atoms with Gasteiger partial charge in [0.05, 0.1) is 6.04 Å². The van der Waals surface area contributed by atoms with E-state index in [2.05, 4.69) is 0 Å². The molecule has 3 rings (SSSR count). The molecule has 0 radical (unpaired) electrons. The summed E-state index contributed by atoms with van der Waals surface area (Å²) in [6.07, 6.45) is -5.86. The lowest BCUT2D eigenvalue weighted by molar-refractivity contribution is -0.174. The summed E-state index contributed by atoms with van der Waals surface area (Å²) in [4.78, 5) is 11.0. The molecule has 2 aromatic rings. The maximum absolute atomic E-state index is 12.3. The van der Waals surface area contributed by atoms with Gasteiger partial charge in [0, 0.05) is 0 Å². The molecular formula is C18H16F3NO4. The largest absolute Gasteiger partial charge is 0.471 e. The number of aliphatic hydroxyl groups excluding tert-OH is 1. The van der Waals surface area contributed by atoms with Crippen molar-refractivity contribution in [1.29, 1.82) is 0 Å². The van der Waals surface area contributed by atoms with E-state index in [1.165, 1.54) is 6.92 Å². The maximum Gasteiger partial charge on any atom is 0.471 e. The van der Waals surface area contributed by atoms with Crippen LogP contribution in [-0.4, -0.2) is 24.0 Å². The molecule has 1 aliphatic rings. The van der Waals surface area contributed by atoms with Crippen molar-refractivity contribution in [2.45, 2.75) is 25.2 Å². The van der Waals surface area contributed by atoms with Gasteiger partial charge in [-0.1, -0.05) is 30.3 Å². The number of hydrogen-bond donors (Lipinski definition) is 2. The molecule has 2 atom stereocenters. The van der Waals surface area contributed by atoms with Crippen molar-refractivity contribution in [2.24, 2.45) is 0 Å². The molecule has 8 heteroatoms. The van der Waals surface area contributed by atoms with Crippen molar-refractivity contribution in [3.63, 3.8) is 0 Å². The van der Waals surface area contributed by atoms with Crippen LogP contribution >= 0.6 is 0 Å². The molecule has 0 saturated heterocycles. The number of aliphatic hydroxyl groups is 1. The van der Waals surface area contributed by atoms with Crippen LogP contribution in [0, 0.1) is 0 Å². The standard InChI is InChI=1S/C18H16F3NO4/c1-10(22-17(24)18(19,20)21)11-2-4-12(5-3-11)16(23)13-6-7-14-15(8-13)26-9-25-14/h2-8,10,16,23H,9H2,1H3,(H,22,24)/t10-,16?/m0/s1. The molecule has 1 heterocycles. The number of hydrogen-bond acceptors (Lipinski definition) is 4. The Bertz CT molecular complexity index is 805. The van der Waals surface area contributed by atoms with Crippen LogP contribution in [-0.2, 0) is 4.79 Å². The molecule has 1 unspecified atom stereocenters. The maximum atomic E-state index is 12.3. The molecule has 138 valence electrons. The number of carbonyl (C=O) groups is 1. The molecule has 26 heavy (non-hydrogen) atoms. The molecule has 0 bridgehead atoms. The van der Waals surface area contributed by atoms with Crippen molar-refractivity contribution in [3.05, 3.63) is 59.2 Å². The normalized spacial score (nSPS) is 15.4. The second-order valence-electron chi connectivity index (χ2n) is 5.87. The quantitative estimate of drug-likeness (QED) is 0.871. The topological polar surface area (TPSA) is 67.8 Å². The number of carbonyl (C=O) groups excluding carboxylic acids is 1. The molecule has 0 aromatic heterocycles. The molecule has 0 fully saturated rings. The Morgan fingerprint density at radius 2 is 1.62 bits per heavy atom. The second-order valence-corrected chi connectivity index (χ2v) is 5.87. The number of benzene rings is 2. The van der Waals surface area contributed by atoms with Crippen LogP contribution in [0.5, 0.6) is 11.5 Å². The minimum absolute atomic E-state index is 0.130. The zero-order valence-corrected chi connectivity index (χ0v) is 13.7. The number of rotatable bonds is 4. The first kappa shape index (κ1) is 18.1. The van der Waals surface area contributed by atoms with Crippen molar-refractivity contribution < 1.29 is 32.5 Å². The van der Waals surface area contributed by atoms with Crippen molar-refractivity contribution in [3.8, 4) is 11.5 Å². The van der Waals surface area contributed by atoms with E-state index in [9.17, 15) is 23.1 Å². The first-order valence-electron chi connectivity index (χ1n) is 7.81. The van der Waals surface area contributed by atoms with Gasteiger partial charge in [0.2, 0.25) is 6.79 Å². The lowest BCUT2D eigenvalue weighted by atomic mass is 9.98. The van der Waals surface area contributed by atoms with E-state index in [-0.39, 0.29) is 6.79 Å². The fraction of sp³-hybridized carbons (Fsp3) is 0.278. The molecular weight excluding hydrogens is 351 g/mol. The van der Waals surface area contributed by atoms with Crippen LogP contribution in [0.25, 0.3) is 0 Å². The third-order valence-electron chi connectivity index (χ3n) is 4.07. The van der Waals surface area contributed by atoms with Gasteiger partial charge in [-0.2, -0.15) is 13.2 Å². The van der Waals surface area contributed by atoms with Crippen molar-refractivity contribution in [2.75, 3.05) is 6.79 Å². The summed E-state index contributed by atoms with van der Waals surface area (Å²) in [6, 6.07) is 10.6. The molecule has 1 amide bonds. The number of nitrogens with one attached hydrogen (secondary N) is 1. The Balaban J connectivity index is 1.72. The molecule has 2 N–H and O–H groups in total. The highest BCUT2D eigenvalue weighted by Crippen LogP contribution is 2.35. The van der Waals surface area contributed by atoms with E-state index in [4.69, 9.17) is 9.47 Å². The van der Waals surface area contributed by atoms with Gasteiger partial charge in [-0.25, -0.2) is 0 Å². The third kappa shape index (κ3) is 3.75. The van der Waals surface area contributed by atoms with E-state index >= 15 is 0 Å². The number of fused-ring (bicyclic) bond motifs is 1. The third-order valence-corrected chi connectivity index (χ3v) is 4.07. The lowest BCUT2D eigenvalue weighted by Gasteiger charge is -2.17. The van der Waals surface area contributed by atoms with Crippen molar-refractivity contribution >= 4 is 5.91 Å². The van der Waals surface area contributed by atoms with Gasteiger partial charge in [0.15, 0.2) is 11.5 Å². The summed E-state index contributed by atoms with van der Waals surface area (Å²) in [5.41, 5.74) is 1.65. The van der Waals surface area contributed by atoms with Gasteiger partial charge in [-0.3, -0.25) is 4.79 Å². The summed E-state index contributed by atoms with van der Waals surface area (Å²) in [5.74, 6) is -0.846. The molecule has 0 spiro atoms. The summed E-state index contributed by atoms with van der Waals surface area (Å²) >= 11 is 0. The first-order valence-corrected chi connectivity index (χ1v) is 7.81. The predicted octanol–water partition coefficient (Wildman–Crippen LogP) is 3.24. The highest BCUT2D eigenvalue weighted by atomic mass is 19.4.